The van der Waals surface area contributed by atoms with E-state index < -0.39 is 35.1 Å². The molecule has 0 aliphatic heterocycles. The van der Waals surface area contributed by atoms with Gasteiger partial charge in [-0.1, -0.05) is 18.2 Å². The molecule has 0 fully saturated rings. The predicted octanol–water partition coefficient (Wildman–Crippen LogP) is 3.42. The first-order valence-corrected chi connectivity index (χ1v) is 6.31. The fourth-order valence-electron chi connectivity index (χ4n) is 1.77. The van der Waals surface area contributed by atoms with E-state index in [1.165, 1.54) is 18.2 Å². The van der Waals surface area contributed by atoms with E-state index in [2.05, 4.69) is 5.32 Å². The zero-order valence-corrected chi connectivity index (χ0v) is 11.4. The minimum absolute atomic E-state index is 0.00857. The number of hydrogen-bond acceptors (Lipinski definition) is 2. The van der Waals surface area contributed by atoms with Gasteiger partial charge in [-0.25, -0.2) is 4.39 Å². The number of hydrogen-bond donors (Lipinski definition) is 2. The summed E-state index contributed by atoms with van der Waals surface area (Å²) in [7, 11) is 0. The summed E-state index contributed by atoms with van der Waals surface area (Å²) in [6.07, 6.45) is -4.68. The Kier molecular flexibility index (Phi) is 4.63. The van der Waals surface area contributed by atoms with Gasteiger partial charge in [0.15, 0.2) is 0 Å². The van der Waals surface area contributed by atoms with Crippen molar-refractivity contribution in [3.05, 3.63) is 59.9 Å². The molecule has 120 valence electrons. The molecule has 0 saturated heterocycles. The molecule has 0 radical (unpaired) electrons. The summed E-state index contributed by atoms with van der Waals surface area (Å²) in [5.74, 6) is -3.15. The van der Waals surface area contributed by atoms with Crippen LogP contribution in [0.1, 0.15) is 5.56 Å². The second-order valence-electron chi connectivity index (χ2n) is 4.46. The van der Waals surface area contributed by atoms with Crippen LogP contribution in [0.2, 0.25) is 0 Å². The Bertz CT molecular complexity index is 744. The predicted molar refractivity (Wildman–Crippen MR) is 75.1 cm³/mol. The van der Waals surface area contributed by atoms with Crippen molar-refractivity contribution >= 4 is 23.2 Å². The van der Waals surface area contributed by atoms with Crippen molar-refractivity contribution in [3.8, 4) is 0 Å². The lowest BCUT2D eigenvalue weighted by Gasteiger charge is -2.13. The van der Waals surface area contributed by atoms with Crippen molar-refractivity contribution < 1.29 is 27.2 Å². The monoisotopic (exact) mass is 326 g/mol. The first-order chi connectivity index (χ1) is 10.8. The number of carbonyl (C=O) groups excluding carboxylic acids is 2. The van der Waals surface area contributed by atoms with E-state index in [-0.39, 0.29) is 5.69 Å². The second-order valence-corrected chi connectivity index (χ2v) is 4.46. The van der Waals surface area contributed by atoms with Gasteiger partial charge in [0, 0.05) is 5.69 Å². The van der Waals surface area contributed by atoms with Crippen LogP contribution in [0.3, 0.4) is 0 Å². The number of anilines is 2. The van der Waals surface area contributed by atoms with E-state index >= 15 is 0 Å². The highest BCUT2D eigenvalue weighted by Crippen LogP contribution is 2.34. The Labute approximate surface area is 128 Å². The number of nitrogens with one attached hydrogen (secondary N) is 2. The Morgan fingerprint density at radius 1 is 0.870 bits per heavy atom. The van der Waals surface area contributed by atoms with E-state index in [4.69, 9.17) is 0 Å². The summed E-state index contributed by atoms with van der Waals surface area (Å²) in [5, 5.41) is 3.98. The number of carbonyl (C=O) groups is 2. The smallest absolute Gasteiger partial charge is 0.318 e. The van der Waals surface area contributed by atoms with Crippen LogP contribution in [0.5, 0.6) is 0 Å². The van der Waals surface area contributed by atoms with Gasteiger partial charge in [-0.2, -0.15) is 13.2 Å². The Balaban J connectivity index is 2.12. The first kappa shape index (κ1) is 16.5. The van der Waals surface area contributed by atoms with E-state index in [1.807, 2.05) is 5.32 Å². The van der Waals surface area contributed by atoms with Crippen LogP contribution in [0, 0.1) is 5.82 Å². The van der Waals surface area contributed by atoms with E-state index in [1.54, 1.807) is 0 Å². The van der Waals surface area contributed by atoms with Crippen LogP contribution >= 0.6 is 0 Å². The molecule has 23 heavy (non-hydrogen) atoms. The van der Waals surface area contributed by atoms with Crippen LogP contribution < -0.4 is 10.6 Å². The molecule has 0 atom stereocenters. The molecular weight excluding hydrogens is 316 g/mol. The summed E-state index contributed by atoms with van der Waals surface area (Å²) in [6.45, 7) is 0. The van der Waals surface area contributed by atoms with Gasteiger partial charge in [0.2, 0.25) is 0 Å². The molecule has 0 heterocycles. The fourth-order valence-corrected chi connectivity index (χ4v) is 1.77. The number of alkyl halides is 3. The highest BCUT2D eigenvalue weighted by atomic mass is 19.4. The molecule has 2 rings (SSSR count). The highest BCUT2D eigenvalue weighted by Gasteiger charge is 2.34. The minimum Gasteiger partial charge on any atom is -0.318 e. The van der Waals surface area contributed by atoms with Crippen LogP contribution in [0.15, 0.2) is 48.5 Å². The molecule has 2 aromatic carbocycles. The molecule has 0 bridgehead atoms. The molecule has 8 heteroatoms. The van der Waals surface area contributed by atoms with Gasteiger partial charge in [-0.3, -0.25) is 9.59 Å². The quantitative estimate of drug-likeness (QED) is 0.656. The van der Waals surface area contributed by atoms with E-state index in [0.717, 1.165) is 30.3 Å². The lowest BCUT2D eigenvalue weighted by Crippen LogP contribution is -2.30. The lowest BCUT2D eigenvalue weighted by atomic mass is 10.1. The lowest BCUT2D eigenvalue weighted by molar-refractivity contribution is -0.137. The molecule has 2 aromatic rings. The summed E-state index contributed by atoms with van der Waals surface area (Å²) >= 11 is 0. The molecule has 0 unspecified atom stereocenters. The molecule has 0 aliphatic carbocycles. The van der Waals surface area contributed by atoms with Crippen LogP contribution in [-0.4, -0.2) is 11.8 Å². The zero-order valence-electron chi connectivity index (χ0n) is 11.4. The maximum atomic E-state index is 13.0. The van der Waals surface area contributed by atoms with Crippen molar-refractivity contribution in [2.75, 3.05) is 10.6 Å². The van der Waals surface area contributed by atoms with Crippen molar-refractivity contribution in [3.63, 3.8) is 0 Å². The van der Waals surface area contributed by atoms with Crippen LogP contribution in [-0.2, 0) is 15.8 Å². The number of benzene rings is 2. The fraction of sp³-hybridized carbons (Fsp3) is 0.0667. The maximum Gasteiger partial charge on any atom is 0.418 e. The van der Waals surface area contributed by atoms with Gasteiger partial charge in [-0.15, -0.1) is 0 Å². The van der Waals surface area contributed by atoms with Gasteiger partial charge in [-0.05, 0) is 30.3 Å². The molecule has 4 nitrogen and oxygen atoms in total. The van der Waals surface area contributed by atoms with Crippen molar-refractivity contribution in [1.29, 1.82) is 0 Å². The molecule has 2 amide bonds. The first-order valence-electron chi connectivity index (χ1n) is 6.31. The molecule has 0 aliphatic rings. The SMILES string of the molecule is O=C(Nc1cccc(F)c1)C(=O)Nc1ccccc1C(F)(F)F. The summed E-state index contributed by atoms with van der Waals surface area (Å²) < 4.78 is 51.4. The molecule has 0 spiro atoms. The second kappa shape index (κ2) is 6.47. The average Bonchev–Trinajstić information content (AvgIpc) is 2.46. The molecule has 0 aromatic heterocycles. The standard InChI is InChI=1S/C15H10F4N2O2/c16-9-4-3-5-10(8-9)20-13(22)14(23)21-12-7-2-1-6-11(12)15(17,18)19/h1-8H,(H,20,22)(H,21,23). The Morgan fingerprint density at radius 3 is 2.17 bits per heavy atom. The van der Waals surface area contributed by atoms with Gasteiger partial charge < -0.3 is 10.6 Å². The third-order valence-electron chi connectivity index (χ3n) is 2.77. The third-order valence-corrected chi connectivity index (χ3v) is 2.77. The Morgan fingerprint density at radius 2 is 1.52 bits per heavy atom. The summed E-state index contributed by atoms with van der Waals surface area (Å²) in [6, 6.07) is 8.99. The van der Waals surface area contributed by atoms with E-state index in [9.17, 15) is 27.2 Å². The summed E-state index contributed by atoms with van der Waals surface area (Å²) in [5.41, 5.74) is -1.61. The van der Waals surface area contributed by atoms with Crippen LogP contribution in [0.25, 0.3) is 0 Å². The zero-order chi connectivity index (χ0) is 17.0. The molecular formula is C15H10F4N2O2. The molecule has 2 N–H and O–H groups in total. The van der Waals surface area contributed by atoms with Crippen molar-refractivity contribution in [2.45, 2.75) is 6.18 Å². The number of halogens is 4. The molecule has 0 saturated carbocycles. The largest absolute Gasteiger partial charge is 0.418 e. The van der Waals surface area contributed by atoms with E-state index in [0.29, 0.717) is 0 Å². The number of rotatable bonds is 2. The topological polar surface area (TPSA) is 58.2 Å². The van der Waals surface area contributed by atoms with Crippen molar-refractivity contribution in [2.24, 2.45) is 0 Å². The normalized spacial score (nSPS) is 11.0. The van der Waals surface area contributed by atoms with Gasteiger partial charge in [0.25, 0.3) is 0 Å². The number of amides is 2. The highest BCUT2D eigenvalue weighted by molar-refractivity contribution is 6.43. The van der Waals surface area contributed by atoms with Gasteiger partial charge in [0.05, 0.1) is 11.3 Å². The third kappa shape index (κ3) is 4.29. The van der Waals surface area contributed by atoms with Crippen molar-refractivity contribution in [1.82, 2.24) is 0 Å². The van der Waals surface area contributed by atoms with Gasteiger partial charge >= 0.3 is 18.0 Å². The average molecular weight is 326 g/mol. The number of para-hydroxylation sites is 1. The maximum absolute atomic E-state index is 13.0. The van der Waals surface area contributed by atoms with Crippen LogP contribution in [0.4, 0.5) is 28.9 Å². The summed E-state index contributed by atoms with van der Waals surface area (Å²) in [4.78, 5) is 23.4. The minimum atomic E-state index is -4.68. The Hall–Kier alpha value is -2.90. The van der Waals surface area contributed by atoms with Gasteiger partial charge in [0.1, 0.15) is 5.82 Å².